The maximum Gasteiger partial charge on any atom is 0.0944 e. The Morgan fingerprint density at radius 2 is 2.50 bits per heavy atom. The van der Waals surface area contributed by atoms with Crippen molar-refractivity contribution in [3.63, 3.8) is 0 Å². The highest BCUT2D eigenvalue weighted by molar-refractivity contribution is 7.09. The smallest absolute Gasteiger partial charge is 0.0944 e. The Balaban J connectivity index is 1.97. The summed E-state index contributed by atoms with van der Waals surface area (Å²) >= 11 is 1.76. The van der Waals surface area contributed by atoms with Gasteiger partial charge in [0.15, 0.2) is 0 Å². The zero-order valence-corrected chi connectivity index (χ0v) is 11.0. The minimum atomic E-state index is 0.0656. The van der Waals surface area contributed by atoms with E-state index in [4.69, 9.17) is 5.73 Å². The second kappa shape index (κ2) is 5.25. The number of likely N-dealkylation sites (N-methyl/N-ethyl adjacent to an activating group) is 1. The number of rotatable bonds is 4. The van der Waals surface area contributed by atoms with Gasteiger partial charge in [0.2, 0.25) is 0 Å². The van der Waals surface area contributed by atoms with Crippen LogP contribution in [-0.4, -0.2) is 29.0 Å². The Morgan fingerprint density at radius 3 is 3.12 bits per heavy atom. The van der Waals surface area contributed by atoms with Gasteiger partial charge in [-0.2, -0.15) is 0 Å². The molecule has 1 fully saturated rings. The number of hydrogen-bond donors (Lipinski definition) is 1. The Morgan fingerprint density at radius 1 is 1.69 bits per heavy atom. The second-order valence-electron chi connectivity index (χ2n) is 4.58. The van der Waals surface area contributed by atoms with Crippen LogP contribution in [0.1, 0.15) is 43.4 Å². The first-order valence-corrected chi connectivity index (χ1v) is 7.02. The summed E-state index contributed by atoms with van der Waals surface area (Å²) in [7, 11) is 0. The average Bonchev–Trinajstić information content (AvgIpc) is 2.87. The first-order valence-electron chi connectivity index (χ1n) is 6.14. The van der Waals surface area contributed by atoms with Gasteiger partial charge in [0.1, 0.15) is 0 Å². The summed E-state index contributed by atoms with van der Waals surface area (Å²) in [6.45, 7) is 6.66. The summed E-state index contributed by atoms with van der Waals surface area (Å²) in [6.07, 6.45) is 3.76. The van der Waals surface area contributed by atoms with E-state index in [2.05, 4.69) is 22.2 Å². The molecule has 0 aliphatic carbocycles. The number of thiazole rings is 1. The highest BCUT2D eigenvalue weighted by Crippen LogP contribution is 2.23. The fraction of sp³-hybridized carbons (Fsp3) is 0.750. The van der Waals surface area contributed by atoms with Crippen molar-refractivity contribution in [3.05, 3.63) is 16.1 Å². The molecule has 2 rings (SSSR count). The van der Waals surface area contributed by atoms with Crippen LogP contribution in [0.2, 0.25) is 0 Å². The number of nitrogens with zero attached hydrogens (tertiary/aromatic N) is 2. The molecule has 0 bridgehead atoms. The van der Waals surface area contributed by atoms with E-state index in [0.717, 1.165) is 18.7 Å². The third-order valence-electron chi connectivity index (χ3n) is 3.35. The van der Waals surface area contributed by atoms with Crippen molar-refractivity contribution in [2.24, 2.45) is 5.73 Å². The van der Waals surface area contributed by atoms with Crippen molar-refractivity contribution in [1.29, 1.82) is 0 Å². The van der Waals surface area contributed by atoms with Crippen molar-refractivity contribution in [2.45, 2.75) is 45.2 Å². The lowest BCUT2D eigenvalue weighted by Gasteiger charge is -2.21. The van der Waals surface area contributed by atoms with Crippen molar-refractivity contribution < 1.29 is 0 Å². The summed E-state index contributed by atoms with van der Waals surface area (Å²) in [5, 5.41) is 3.35. The average molecular weight is 239 g/mol. The molecule has 16 heavy (non-hydrogen) atoms. The molecule has 1 aliphatic rings. The van der Waals surface area contributed by atoms with Gasteiger partial charge in [-0.3, -0.25) is 0 Å². The van der Waals surface area contributed by atoms with Gasteiger partial charge >= 0.3 is 0 Å². The van der Waals surface area contributed by atoms with E-state index in [1.54, 1.807) is 11.3 Å². The molecule has 0 amide bonds. The quantitative estimate of drug-likeness (QED) is 0.876. The van der Waals surface area contributed by atoms with Crippen LogP contribution >= 0.6 is 11.3 Å². The van der Waals surface area contributed by atoms with Crippen LogP contribution in [-0.2, 0) is 6.42 Å². The fourth-order valence-corrected chi connectivity index (χ4v) is 3.34. The molecular weight excluding hydrogens is 218 g/mol. The zero-order chi connectivity index (χ0) is 11.5. The third-order valence-corrected chi connectivity index (χ3v) is 4.24. The lowest BCUT2D eigenvalue weighted by Crippen LogP contribution is -2.30. The summed E-state index contributed by atoms with van der Waals surface area (Å²) in [5.41, 5.74) is 6.87. The van der Waals surface area contributed by atoms with Gasteiger partial charge in [-0.15, -0.1) is 11.3 Å². The van der Waals surface area contributed by atoms with Gasteiger partial charge in [0, 0.05) is 23.9 Å². The maximum atomic E-state index is 5.82. The third kappa shape index (κ3) is 2.62. The van der Waals surface area contributed by atoms with E-state index in [1.165, 1.54) is 24.4 Å². The molecule has 2 atom stereocenters. The topological polar surface area (TPSA) is 42.2 Å². The number of likely N-dealkylation sites (tertiary alicyclic amines) is 1. The Hall–Kier alpha value is -0.450. The van der Waals surface area contributed by atoms with E-state index >= 15 is 0 Å². The van der Waals surface area contributed by atoms with E-state index in [0.29, 0.717) is 6.04 Å². The Bertz CT molecular complexity index is 335. The first kappa shape index (κ1) is 12.0. The van der Waals surface area contributed by atoms with Crippen molar-refractivity contribution in [2.75, 3.05) is 13.1 Å². The predicted molar refractivity (Wildman–Crippen MR) is 68.7 cm³/mol. The molecule has 90 valence electrons. The van der Waals surface area contributed by atoms with Gasteiger partial charge < -0.3 is 10.6 Å². The Labute approximate surface area is 102 Å². The van der Waals surface area contributed by atoms with Gasteiger partial charge in [-0.1, -0.05) is 6.92 Å². The van der Waals surface area contributed by atoms with Crippen LogP contribution in [0.3, 0.4) is 0 Å². The summed E-state index contributed by atoms with van der Waals surface area (Å²) < 4.78 is 0. The molecule has 1 saturated heterocycles. The first-order chi connectivity index (χ1) is 7.70. The number of nitrogens with two attached hydrogens (primary N) is 1. The monoisotopic (exact) mass is 239 g/mol. The summed E-state index contributed by atoms with van der Waals surface area (Å²) in [4.78, 5) is 7.17. The summed E-state index contributed by atoms with van der Waals surface area (Å²) in [6, 6.07) is 0.771. The fourth-order valence-electron chi connectivity index (χ4n) is 2.37. The van der Waals surface area contributed by atoms with Gasteiger partial charge in [-0.05, 0) is 32.9 Å². The van der Waals surface area contributed by atoms with Gasteiger partial charge in [0.05, 0.1) is 10.7 Å². The van der Waals surface area contributed by atoms with Crippen LogP contribution in [0.25, 0.3) is 0 Å². The summed E-state index contributed by atoms with van der Waals surface area (Å²) in [5.74, 6) is 0. The Kier molecular flexibility index (Phi) is 3.95. The molecule has 1 aromatic heterocycles. The van der Waals surface area contributed by atoms with Crippen LogP contribution in [0.4, 0.5) is 0 Å². The van der Waals surface area contributed by atoms with E-state index in [1.807, 2.05) is 6.92 Å². The minimum Gasteiger partial charge on any atom is -0.323 e. The lowest BCUT2D eigenvalue weighted by molar-refractivity contribution is 0.266. The van der Waals surface area contributed by atoms with Crippen molar-refractivity contribution in [3.8, 4) is 0 Å². The molecule has 2 N–H and O–H groups in total. The van der Waals surface area contributed by atoms with E-state index in [9.17, 15) is 0 Å². The minimum absolute atomic E-state index is 0.0656. The van der Waals surface area contributed by atoms with Gasteiger partial charge in [-0.25, -0.2) is 4.98 Å². The van der Waals surface area contributed by atoms with Crippen molar-refractivity contribution >= 4 is 11.3 Å². The molecule has 1 aromatic rings. The highest BCUT2D eigenvalue weighted by atomic mass is 32.1. The van der Waals surface area contributed by atoms with Gasteiger partial charge in [0.25, 0.3) is 0 Å². The van der Waals surface area contributed by atoms with Crippen molar-refractivity contribution in [1.82, 2.24) is 9.88 Å². The van der Waals surface area contributed by atoms with E-state index in [-0.39, 0.29) is 6.04 Å². The lowest BCUT2D eigenvalue weighted by atomic mass is 10.1. The zero-order valence-electron chi connectivity index (χ0n) is 10.1. The largest absolute Gasteiger partial charge is 0.323 e. The van der Waals surface area contributed by atoms with Crippen LogP contribution in [0, 0.1) is 0 Å². The maximum absolute atomic E-state index is 5.82. The molecular formula is C12H21N3S. The van der Waals surface area contributed by atoms with Crippen LogP contribution < -0.4 is 5.73 Å². The number of hydrogen-bond acceptors (Lipinski definition) is 4. The predicted octanol–water partition coefficient (Wildman–Crippen LogP) is 2.19. The molecule has 4 heteroatoms. The molecule has 2 unspecified atom stereocenters. The molecule has 0 saturated carbocycles. The molecule has 0 aromatic carbocycles. The molecule has 0 radical (unpaired) electrons. The highest BCUT2D eigenvalue weighted by Gasteiger charge is 2.24. The SMILES string of the molecule is CCN1CCCC1Cc1nc(C(C)N)cs1. The van der Waals surface area contributed by atoms with Crippen LogP contribution in [0.5, 0.6) is 0 Å². The van der Waals surface area contributed by atoms with E-state index < -0.39 is 0 Å². The molecule has 0 spiro atoms. The molecule has 3 nitrogen and oxygen atoms in total. The normalized spacial score (nSPS) is 23.8. The number of aromatic nitrogens is 1. The molecule has 1 aliphatic heterocycles. The second-order valence-corrected chi connectivity index (χ2v) is 5.53. The van der Waals surface area contributed by atoms with Crippen LogP contribution in [0.15, 0.2) is 5.38 Å². The molecule has 2 heterocycles. The standard InChI is InChI=1S/C12H21N3S/c1-3-15-6-4-5-10(15)7-12-14-11(8-16-12)9(2)13/h8-10H,3-7,13H2,1-2H3.